The Morgan fingerprint density at radius 2 is 2.11 bits per heavy atom. The van der Waals surface area contributed by atoms with Crippen LogP contribution in [-0.4, -0.2) is 64.7 Å². The van der Waals surface area contributed by atoms with E-state index in [9.17, 15) is 10.2 Å². The average molecular weight is 291 g/mol. The van der Waals surface area contributed by atoms with E-state index in [1.165, 1.54) is 19.8 Å². The molecule has 3 N–H and O–H groups in total. The summed E-state index contributed by atoms with van der Waals surface area (Å²) in [6.07, 6.45) is 2.96. The number of hydrogen-bond acceptors (Lipinski definition) is 6. The first-order chi connectivity index (χ1) is 9.08. The largest absolute Gasteiger partial charge is 0.394 e. The van der Waals surface area contributed by atoms with Gasteiger partial charge in [-0.3, -0.25) is 4.99 Å². The van der Waals surface area contributed by atoms with E-state index < -0.39 is 18.3 Å². The molecule has 0 aliphatic heterocycles. The number of ether oxygens (including phenoxy) is 1. The fourth-order valence-corrected chi connectivity index (χ4v) is 2.35. The number of nitrogens with zero attached hydrogens (tertiary/aromatic N) is 1. The molecule has 0 aromatic heterocycles. The van der Waals surface area contributed by atoms with Crippen LogP contribution < -0.4 is 0 Å². The molecule has 3 atom stereocenters. The number of thioether (sulfide) groups is 1. The Hall–Kier alpha value is -0.140. The Balaban J connectivity index is 2.24. The lowest BCUT2D eigenvalue weighted by atomic mass is 10.1. The monoisotopic (exact) mass is 291 g/mol. The first-order valence-corrected chi connectivity index (χ1v) is 7.96. The third-order valence-corrected chi connectivity index (χ3v) is 3.93. The van der Waals surface area contributed by atoms with Crippen molar-refractivity contribution < 1.29 is 20.1 Å². The third-order valence-electron chi connectivity index (χ3n) is 3.16. The predicted molar refractivity (Wildman–Crippen MR) is 77.7 cm³/mol. The van der Waals surface area contributed by atoms with E-state index in [2.05, 4.69) is 4.99 Å². The quantitative estimate of drug-likeness (QED) is 0.330. The fourth-order valence-electron chi connectivity index (χ4n) is 1.73. The molecule has 6 heteroatoms. The molecule has 112 valence electrons. The zero-order chi connectivity index (χ0) is 14.3. The molecule has 0 unspecified atom stereocenters. The lowest BCUT2D eigenvalue weighted by Crippen LogP contribution is -2.40. The highest BCUT2D eigenvalue weighted by molar-refractivity contribution is 8.13. The van der Waals surface area contributed by atoms with Crippen molar-refractivity contribution in [1.82, 2.24) is 0 Å². The van der Waals surface area contributed by atoms with Crippen LogP contribution in [0.4, 0.5) is 0 Å². The van der Waals surface area contributed by atoms with Crippen molar-refractivity contribution >= 4 is 16.8 Å². The highest BCUT2D eigenvalue weighted by Crippen LogP contribution is 2.34. The van der Waals surface area contributed by atoms with Gasteiger partial charge in [-0.25, -0.2) is 0 Å². The summed E-state index contributed by atoms with van der Waals surface area (Å²) < 4.78 is 5.35. The molecule has 1 fully saturated rings. The molecule has 0 amide bonds. The minimum absolute atomic E-state index is 0.312. The Morgan fingerprint density at radius 1 is 1.42 bits per heavy atom. The molecular formula is C13H25NO4S. The van der Waals surface area contributed by atoms with Gasteiger partial charge in [-0.15, -0.1) is 11.8 Å². The van der Waals surface area contributed by atoms with E-state index in [-0.39, 0.29) is 6.61 Å². The molecule has 5 nitrogen and oxygen atoms in total. The topological polar surface area (TPSA) is 82.3 Å². The summed E-state index contributed by atoms with van der Waals surface area (Å²) in [5.41, 5.74) is 0. The second-order valence-corrected chi connectivity index (χ2v) is 5.83. The molecule has 0 spiro atoms. The summed E-state index contributed by atoms with van der Waals surface area (Å²) in [5, 5.41) is 29.1. The van der Waals surface area contributed by atoms with Crippen molar-refractivity contribution in [3.8, 4) is 0 Å². The summed E-state index contributed by atoms with van der Waals surface area (Å²) in [6, 6.07) is 0. The first-order valence-electron chi connectivity index (χ1n) is 6.74. The smallest absolute Gasteiger partial charge is 0.109 e. The molecule has 0 heterocycles. The second kappa shape index (κ2) is 8.92. The first kappa shape index (κ1) is 16.9. The van der Waals surface area contributed by atoms with Gasteiger partial charge in [0.2, 0.25) is 0 Å². The summed E-state index contributed by atoms with van der Waals surface area (Å²) in [5.74, 6) is 0.814. The van der Waals surface area contributed by atoms with E-state index in [1.807, 2.05) is 6.26 Å². The summed E-state index contributed by atoms with van der Waals surface area (Å²) >= 11 is 1.67. The molecule has 0 bridgehead atoms. The standard InChI is InChI=1S/C13H25NO4S/c1-9(16)13(17)11(8-15)18-6-5-14-12(19-2)7-10-3-4-10/h9-11,13,15-17H,3-8H2,1-2H3/b14-12-/t9-,11-,13+/m1/s1. The number of aliphatic imine (C=N–C) groups is 1. The third kappa shape index (κ3) is 6.72. The normalized spacial score (nSPS) is 21.2. The molecular weight excluding hydrogens is 266 g/mol. The Morgan fingerprint density at radius 3 is 2.58 bits per heavy atom. The van der Waals surface area contributed by atoms with Gasteiger partial charge in [-0.05, 0) is 38.4 Å². The van der Waals surface area contributed by atoms with Gasteiger partial charge >= 0.3 is 0 Å². The molecule has 0 saturated heterocycles. The van der Waals surface area contributed by atoms with Crippen LogP contribution >= 0.6 is 11.8 Å². The van der Waals surface area contributed by atoms with Gasteiger partial charge < -0.3 is 20.1 Å². The van der Waals surface area contributed by atoms with Crippen LogP contribution in [0.15, 0.2) is 4.99 Å². The maximum absolute atomic E-state index is 9.59. The molecule has 1 saturated carbocycles. The van der Waals surface area contributed by atoms with Crippen molar-refractivity contribution in [3.05, 3.63) is 0 Å². The summed E-state index contributed by atoms with van der Waals surface area (Å²) in [4.78, 5) is 4.46. The van der Waals surface area contributed by atoms with E-state index in [0.717, 1.165) is 17.4 Å². The van der Waals surface area contributed by atoms with Gasteiger partial charge in [-0.2, -0.15) is 0 Å². The van der Waals surface area contributed by atoms with Crippen molar-refractivity contribution in [2.24, 2.45) is 10.9 Å². The van der Waals surface area contributed by atoms with Crippen LogP contribution in [0, 0.1) is 5.92 Å². The van der Waals surface area contributed by atoms with E-state index in [0.29, 0.717) is 13.2 Å². The van der Waals surface area contributed by atoms with E-state index in [1.54, 1.807) is 11.8 Å². The van der Waals surface area contributed by atoms with Gasteiger partial charge in [0, 0.05) is 0 Å². The van der Waals surface area contributed by atoms with Gasteiger partial charge in [-0.1, -0.05) is 0 Å². The van der Waals surface area contributed by atoms with Crippen molar-refractivity contribution in [1.29, 1.82) is 0 Å². The maximum Gasteiger partial charge on any atom is 0.109 e. The van der Waals surface area contributed by atoms with Crippen molar-refractivity contribution in [2.45, 2.75) is 44.5 Å². The van der Waals surface area contributed by atoms with Crippen LogP contribution in [0.5, 0.6) is 0 Å². The molecule has 1 rings (SSSR count). The second-order valence-electron chi connectivity index (χ2n) is 4.95. The van der Waals surface area contributed by atoms with Crippen LogP contribution in [0.1, 0.15) is 26.2 Å². The molecule has 0 radical (unpaired) electrons. The minimum atomic E-state index is -1.07. The highest BCUT2D eigenvalue weighted by Gasteiger charge is 2.24. The van der Waals surface area contributed by atoms with E-state index in [4.69, 9.17) is 9.84 Å². The van der Waals surface area contributed by atoms with Crippen LogP contribution in [-0.2, 0) is 4.74 Å². The Labute approximate surface area is 119 Å². The number of aliphatic hydroxyl groups excluding tert-OH is 3. The predicted octanol–water partition coefficient (Wildman–Crippen LogP) is 0.667. The molecule has 0 aromatic carbocycles. The van der Waals surface area contributed by atoms with Crippen molar-refractivity contribution in [3.63, 3.8) is 0 Å². The lowest BCUT2D eigenvalue weighted by Gasteiger charge is -2.23. The zero-order valence-corrected chi connectivity index (χ0v) is 12.5. The van der Waals surface area contributed by atoms with Crippen LogP contribution in [0.3, 0.4) is 0 Å². The van der Waals surface area contributed by atoms with Gasteiger partial charge in [0.1, 0.15) is 12.2 Å². The Kier molecular flexibility index (Phi) is 7.94. The van der Waals surface area contributed by atoms with Crippen LogP contribution in [0.2, 0.25) is 0 Å². The van der Waals surface area contributed by atoms with Crippen LogP contribution in [0.25, 0.3) is 0 Å². The fraction of sp³-hybridized carbons (Fsp3) is 0.923. The summed E-state index contributed by atoms with van der Waals surface area (Å²) in [7, 11) is 0. The number of aliphatic hydroxyl groups is 3. The SMILES string of the molecule is CS/C(CC1CC1)=N\CCO[C@H](CO)[C@@H](O)[C@@H](C)O. The highest BCUT2D eigenvalue weighted by atomic mass is 32.2. The van der Waals surface area contributed by atoms with Crippen molar-refractivity contribution in [2.75, 3.05) is 26.0 Å². The lowest BCUT2D eigenvalue weighted by molar-refractivity contribution is -0.100. The van der Waals surface area contributed by atoms with Gasteiger partial charge in [0.25, 0.3) is 0 Å². The van der Waals surface area contributed by atoms with E-state index >= 15 is 0 Å². The van der Waals surface area contributed by atoms with Gasteiger partial charge in [0.05, 0.1) is 30.9 Å². The molecule has 19 heavy (non-hydrogen) atoms. The Bertz CT molecular complexity index is 282. The number of rotatable bonds is 9. The van der Waals surface area contributed by atoms with Gasteiger partial charge in [0.15, 0.2) is 0 Å². The maximum atomic E-state index is 9.59. The zero-order valence-electron chi connectivity index (χ0n) is 11.7. The molecule has 1 aliphatic rings. The minimum Gasteiger partial charge on any atom is -0.394 e. The summed E-state index contributed by atoms with van der Waals surface area (Å²) in [6.45, 7) is 2.01. The average Bonchev–Trinajstić information content (AvgIpc) is 3.20. The molecule has 0 aromatic rings. The number of hydrogen-bond donors (Lipinski definition) is 3. The molecule has 1 aliphatic carbocycles.